The van der Waals surface area contributed by atoms with Crippen LogP contribution < -0.4 is 14.2 Å². The monoisotopic (exact) mass is 429 g/mol. The molecule has 30 heavy (non-hydrogen) atoms. The van der Waals surface area contributed by atoms with Gasteiger partial charge in [0.2, 0.25) is 0 Å². The molecule has 1 amide bonds. The van der Waals surface area contributed by atoms with Crippen molar-refractivity contribution in [3.8, 4) is 17.2 Å². The lowest BCUT2D eigenvalue weighted by Crippen LogP contribution is -2.52. The van der Waals surface area contributed by atoms with E-state index in [9.17, 15) is 9.59 Å². The highest BCUT2D eigenvalue weighted by atomic mass is 35.5. The van der Waals surface area contributed by atoms with Gasteiger partial charge in [0.05, 0.1) is 26.2 Å². The van der Waals surface area contributed by atoms with Gasteiger partial charge in [-0.2, -0.15) is 0 Å². The van der Waals surface area contributed by atoms with Crippen LogP contribution in [0.1, 0.15) is 45.5 Å². The van der Waals surface area contributed by atoms with Crippen LogP contribution in [0.3, 0.4) is 0 Å². The van der Waals surface area contributed by atoms with Crippen LogP contribution in [-0.2, 0) is 0 Å². The molecular formula is C23H24ClNO5. The molecule has 2 aromatic rings. The summed E-state index contributed by atoms with van der Waals surface area (Å²) in [7, 11) is 3.06. The molecule has 0 saturated carbocycles. The number of carbonyl (C=O) groups excluding carboxylic acids is 2. The Kier molecular flexibility index (Phi) is 5.36. The highest BCUT2D eigenvalue weighted by Gasteiger charge is 2.44. The van der Waals surface area contributed by atoms with Crippen molar-refractivity contribution in [2.24, 2.45) is 0 Å². The summed E-state index contributed by atoms with van der Waals surface area (Å²) in [5.41, 5.74) is 1.21. The van der Waals surface area contributed by atoms with Crippen LogP contribution in [0.5, 0.6) is 17.2 Å². The average molecular weight is 430 g/mol. The summed E-state index contributed by atoms with van der Waals surface area (Å²) in [6, 6.07) is 8.75. The number of halogens is 1. The number of ether oxygens (including phenoxy) is 3. The van der Waals surface area contributed by atoms with Crippen LogP contribution in [-0.4, -0.2) is 49.5 Å². The first-order valence-corrected chi connectivity index (χ1v) is 10.3. The third-order valence-electron chi connectivity index (χ3n) is 5.94. The lowest BCUT2D eigenvalue weighted by atomic mass is 9.82. The lowest BCUT2D eigenvalue weighted by molar-refractivity contribution is -0.00627. The number of hydrogen-bond acceptors (Lipinski definition) is 5. The Balaban J connectivity index is 1.55. The molecule has 0 N–H and O–H groups in total. The summed E-state index contributed by atoms with van der Waals surface area (Å²) in [4.78, 5) is 27.8. The summed E-state index contributed by atoms with van der Waals surface area (Å²) >= 11 is 6.11. The molecule has 6 nitrogen and oxygen atoms in total. The maximum absolute atomic E-state index is 13.2. The van der Waals surface area contributed by atoms with Gasteiger partial charge in [-0.15, -0.1) is 0 Å². The normalized spacial score (nSPS) is 17.3. The molecule has 0 unspecified atom stereocenters. The van der Waals surface area contributed by atoms with Crippen molar-refractivity contribution < 1.29 is 23.8 Å². The van der Waals surface area contributed by atoms with Crippen LogP contribution in [0.15, 0.2) is 30.3 Å². The molecule has 1 fully saturated rings. The van der Waals surface area contributed by atoms with E-state index in [1.807, 2.05) is 6.92 Å². The van der Waals surface area contributed by atoms with E-state index in [0.29, 0.717) is 65.8 Å². The molecule has 0 atom stereocenters. The third-order valence-corrected chi connectivity index (χ3v) is 6.16. The SMILES string of the molecule is COc1cccc(OC)c1C(=O)N1CCC2(CC1)CC(=O)c1cc(Cl)cc(C)c1O2. The minimum atomic E-state index is -0.593. The Morgan fingerprint density at radius 3 is 2.37 bits per heavy atom. The largest absolute Gasteiger partial charge is 0.496 e. The van der Waals surface area contributed by atoms with Crippen molar-refractivity contribution in [3.05, 3.63) is 52.0 Å². The number of aryl methyl sites for hydroxylation is 1. The molecule has 0 aliphatic carbocycles. The van der Waals surface area contributed by atoms with E-state index in [1.165, 1.54) is 14.2 Å². The van der Waals surface area contributed by atoms with Crippen LogP contribution in [0.2, 0.25) is 5.02 Å². The minimum Gasteiger partial charge on any atom is -0.496 e. The number of likely N-dealkylation sites (tertiary alicyclic amines) is 1. The quantitative estimate of drug-likeness (QED) is 0.727. The van der Waals surface area contributed by atoms with Gasteiger partial charge in [0.15, 0.2) is 5.78 Å². The highest BCUT2D eigenvalue weighted by molar-refractivity contribution is 6.31. The first kappa shape index (κ1) is 20.5. The van der Waals surface area contributed by atoms with Crippen molar-refractivity contribution in [2.75, 3.05) is 27.3 Å². The first-order valence-electron chi connectivity index (χ1n) is 9.90. The predicted octanol–water partition coefficient (Wildman–Crippen LogP) is 4.31. The molecule has 2 aliphatic rings. The third kappa shape index (κ3) is 3.49. The Labute approximate surface area is 180 Å². The van der Waals surface area contributed by atoms with Gasteiger partial charge in [0, 0.05) is 31.0 Å². The van der Waals surface area contributed by atoms with E-state index in [-0.39, 0.29) is 11.7 Å². The van der Waals surface area contributed by atoms with Gasteiger partial charge in [-0.1, -0.05) is 17.7 Å². The number of methoxy groups -OCH3 is 2. The highest BCUT2D eigenvalue weighted by Crippen LogP contribution is 2.42. The number of amides is 1. The van der Waals surface area contributed by atoms with E-state index in [0.717, 1.165) is 5.56 Å². The van der Waals surface area contributed by atoms with Crippen molar-refractivity contribution in [1.82, 2.24) is 4.90 Å². The predicted molar refractivity (Wildman–Crippen MR) is 113 cm³/mol. The summed E-state index contributed by atoms with van der Waals surface area (Å²) in [6.07, 6.45) is 1.44. The van der Waals surface area contributed by atoms with E-state index < -0.39 is 5.60 Å². The molecule has 158 valence electrons. The van der Waals surface area contributed by atoms with Gasteiger partial charge in [-0.05, 0) is 36.8 Å². The van der Waals surface area contributed by atoms with E-state index in [1.54, 1.807) is 35.2 Å². The number of piperidine rings is 1. The fraction of sp³-hybridized carbons (Fsp3) is 0.391. The molecular weight excluding hydrogens is 406 g/mol. The average Bonchev–Trinajstić information content (AvgIpc) is 2.74. The van der Waals surface area contributed by atoms with Crippen LogP contribution in [0.4, 0.5) is 0 Å². The maximum Gasteiger partial charge on any atom is 0.261 e. The fourth-order valence-corrected chi connectivity index (χ4v) is 4.60. The van der Waals surface area contributed by atoms with E-state index in [4.69, 9.17) is 25.8 Å². The number of rotatable bonds is 3. The number of fused-ring (bicyclic) bond motifs is 1. The topological polar surface area (TPSA) is 65.1 Å². The zero-order valence-electron chi connectivity index (χ0n) is 17.3. The van der Waals surface area contributed by atoms with Crippen molar-refractivity contribution in [1.29, 1.82) is 0 Å². The number of ketones is 1. The molecule has 2 aliphatic heterocycles. The molecule has 0 aromatic heterocycles. The van der Waals surface area contributed by atoms with Crippen molar-refractivity contribution >= 4 is 23.3 Å². The molecule has 0 bridgehead atoms. The second-order valence-corrected chi connectivity index (χ2v) is 8.25. The van der Waals surface area contributed by atoms with Gasteiger partial charge >= 0.3 is 0 Å². The summed E-state index contributed by atoms with van der Waals surface area (Å²) in [6.45, 7) is 2.86. The van der Waals surface area contributed by atoms with Crippen LogP contribution in [0.25, 0.3) is 0 Å². The van der Waals surface area contributed by atoms with E-state index in [2.05, 4.69) is 0 Å². The maximum atomic E-state index is 13.2. The Morgan fingerprint density at radius 2 is 1.77 bits per heavy atom. The molecule has 4 rings (SSSR count). The minimum absolute atomic E-state index is 0.0352. The van der Waals surface area contributed by atoms with Crippen molar-refractivity contribution in [3.63, 3.8) is 0 Å². The number of hydrogen-bond donors (Lipinski definition) is 0. The molecule has 7 heteroatoms. The van der Waals surface area contributed by atoms with Crippen LogP contribution >= 0.6 is 11.6 Å². The number of Topliss-reactive ketones (excluding diaryl/α,β-unsaturated/α-hetero) is 1. The second-order valence-electron chi connectivity index (χ2n) is 7.81. The fourth-order valence-electron chi connectivity index (χ4n) is 4.33. The summed E-state index contributed by atoms with van der Waals surface area (Å²) in [5, 5.41) is 0.533. The number of nitrogens with zero attached hydrogens (tertiary/aromatic N) is 1. The van der Waals surface area contributed by atoms with Gasteiger partial charge in [-0.25, -0.2) is 0 Å². The molecule has 2 aromatic carbocycles. The van der Waals surface area contributed by atoms with Gasteiger partial charge in [0.1, 0.15) is 28.4 Å². The van der Waals surface area contributed by atoms with Crippen molar-refractivity contribution in [2.45, 2.75) is 31.8 Å². The molecule has 0 radical (unpaired) electrons. The van der Waals surface area contributed by atoms with Gasteiger partial charge in [-0.3, -0.25) is 9.59 Å². The second kappa shape index (κ2) is 7.84. The first-order chi connectivity index (χ1) is 14.4. The van der Waals surface area contributed by atoms with Gasteiger partial charge < -0.3 is 19.1 Å². The van der Waals surface area contributed by atoms with E-state index >= 15 is 0 Å². The Bertz CT molecular complexity index is 989. The standard InChI is InChI=1S/C23H24ClNO5/c1-14-11-15(24)12-16-17(26)13-23(30-21(14)16)7-9-25(10-8-23)22(27)20-18(28-2)5-4-6-19(20)29-3/h4-6,11-12H,7-10,13H2,1-3H3. The summed E-state index contributed by atoms with van der Waals surface area (Å²) in [5.74, 6) is 1.45. The number of carbonyl (C=O) groups is 2. The zero-order chi connectivity index (χ0) is 21.5. The Morgan fingerprint density at radius 1 is 1.13 bits per heavy atom. The Hall–Kier alpha value is -2.73. The number of benzene rings is 2. The zero-order valence-corrected chi connectivity index (χ0v) is 18.0. The molecule has 1 spiro atoms. The van der Waals surface area contributed by atoms with Gasteiger partial charge in [0.25, 0.3) is 5.91 Å². The molecule has 2 heterocycles. The van der Waals surface area contributed by atoms with Crippen LogP contribution in [0, 0.1) is 6.92 Å². The molecule has 1 saturated heterocycles. The lowest BCUT2D eigenvalue weighted by Gasteiger charge is -2.44. The summed E-state index contributed by atoms with van der Waals surface area (Å²) < 4.78 is 17.1. The smallest absolute Gasteiger partial charge is 0.261 e.